The van der Waals surface area contributed by atoms with Crippen LogP contribution in [0.1, 0.15) is 17.2 Å². The van der Waals surface area contributed by atoms with Crippen molar-refractivity contribution >= 4 is 27.1 Å². The maximum atomic E-state index is 14.1. The fraction of sp³-hybridized carbons (Fsp3) is 0.0800. The van der Waals surface area contributed by atoms with Gasteiger partial charge in [0.05, 0.1) is 4.90 Å². The van der Waals surface area contributed by atoms with Gasteiger partial charge in [-0.3, -0.25) is 0 Å². The van der Waals surface area contributed by atoms with Gasteiger partial charge in [-0.1, -0.05) is 89.6 Å². The van der Waals surface area contributed by atoms with E-state index in [9.17, 15) is 8.42 Å². The highest BCUT2D eigenvalue weighted by Crippen LogP contribution is 2.40. The molecule has 1 aromatic heterocycles. The number of sulfone groups is 1. The molecule has 1 aliphatic heterocycles. The molecule has 1 N–H and O–H groups in total. The van der Waals surface area contributed by atoms with Crippen LogP contribution in [0.2, 0.25) is 5.02 Å². The van der Waals surface area contributed by atoms with E-state index in [1.54, 1.807) is 30.5 Å². The minimum Gasteiger partial charge on any atom is -0.385 e. The average Bonchev–Trinajstić information content (AvgIpc) is 3.49. The molecule has 0 saturated heterocycles. The van der Waals surface area contributed by atoms with Gasteiger partial charge in [-0.05, 0) is 23.3 Å². The molecule has 2 heterocycles. The highest BCUT2D eigenvalue weighted by molar-refractivity contribution is 7.93. The Hall–Kier alpha value is -3.35. The van der Waals surface area contributed by atoms with Crippen LogP contribution in [0.15, 0.2) is 107 Å². The lowest BCUT2D eigenvalue weighted by Gasteiger charge is -2.20. The zero-order chi connectivity index (χ0) is 22.1. The molecule has 0 saturated carbocycles. The van der Waals surface area contributed by atoms with Crippen molar-refractivity contribution in [3.8, 4) is 11.1 Å². The number of nitrogens with zero attached hydrogens (tertiary/aromatic N) is 1. The first kappa shape index (κ1) is 20.5. The first-order valence-electron chi connectivity index (χ1n) is 10.1. The smallest absolute Gasteiger partial charge is 0.193 e. The van der Waals surface area contributed by atoms with Gasteiger partial charge in [0, 0.05) is 28.5 Å². The quantitative estimate of drug-likeness (QED) is 0.416. The Labute approximate surface area is 191 Å². The molecule has 2 unspecified atom stereocenters. The van der Waals surface area contributed by atoms with Crippen molar-refractivity contribution in [2.75, 3.05) is 0 Å². The fourth-order valence-corrected chi connectivity index (χ4v) is 6.08. The van der Waals surface area contributed by atoms with Crippen molar-refractivity contribution in [2.24, 2.45) is 5.16 Å². The van der Waals surface area contributed by atoms with Gasteiger partial charge in [0.25, 0.3) is 0 Å². The second-order valence-corrected chi connectivity index (χ2v) is 9.96. The lowest BCUT2D eigenvalue weighted by Crippen LogP contribution is -2.33. The second kappa shape index (κ2) is 8.30. The Balaban J connectivity index is 1.65. The third-order valence-corrected chi connectivity index (χ3v) is 7.85. The van der Waals surface area contributed by atoms with Crippen LogP contribution in [0.5, 0.6) is 0 Å². The van der Waals surface area contributed by atoms with E-state index in [0.29, 0.717) is 21.9 Å². The highest BCUT2D eigenvalue weighted by Gasteiger charge is 2.47. The summed E-state index contributed by atoms with van der Waals surface area (Å²) in [6.07, 6.45) is 2.46. The van der Waals surface area contributed by atoms with Gasteiger partial charge in [0.1, 0.15) is 5.71 Å². The molecule has 0 fully saturated rings. The number of aromatic nitrogens is 1. The lowest BCUT2D eigenvalue weighted by molar-refractivity contribution is 0.0871. The number of halogens is 1. The molecular weight excluding hydrogens is 444 g/mol. The van der Waals surface area contributed by atoms with Gasteiger partial charge in [0.15, 0.2) is 21.2 Å². The molecule has 0 aliphatic carbocycles. The topological polar surface area (TPSA) is 71.5 Å². The average molecular weight is 463 g/mol. The number of oxime groups is 1. The number of rotatable bonds is 5. The minimum atomic E-state index is -3.90. The molecule has 0 bridgehead atoms. The summed E-state index contributed by atoms with van der Waals surface area (Å²) in [5.74, 6) is 0. The van der Waals surface area contributed by atoms with Crippen molar-refractivity contribution in [1.29, 1.82) is 0 Å². The Morgan fingerprint density at radius 2 is 1.47 bits per heavy atom. The Bertz CT molecular complexity index is 1370. The van der Waals surface area contributed by atoms with Crippen molar-refractivity contribution in [3.63, 3.8) is 0 Å². The van der Waals surface area contributed by atoms with Crippen LogP contribution in [-0.2, 0) is 14.7 Å². The predicted molar refractivity (Wildman–Crippen MR) is 125 cm³/mol. The Morgan fingerprint density at radius 3 is 2.16 bits per heavy atom. The van der Waals surface area contributed by atoms with Gasteiger partial charge < -0.3 is 9.82 Å². The van der Waals surface area contributed by atoms with E-state index in [-0.39, 0.29) is 4.90 Å². The van der Waals surface area contributed by atoms with E-state index in [4.69, 9.17) is 16.4 Å². The summed E-state index contributed by atoms with van der Waals surface area (Å²) < 4.78 is 28.2. The van der Waals surface area contributed by atoms with E-state index in [1.165, 1.54) is 6.20 Å². The molecule has 3 aromatic carbocycles. The monoisotopic (exact) mass is 462 g/mol. The van der Waals surface area contributed by atoms with E-state index in [1.807, 2.05) is 60.7 Å². The standard InChI is InChI=1S/C25H19ClN2O3S/c26-20-13-11-18(12-14-20)23-25(24(31-28-23)19-9-5-2-6-10-19)32(29,30)22-16-27-15-21(22)17-7-3-1-4-8-17/h1-16,24-25,27H. The molecule has 1 aliphatic rings. The summed E-state index contributed by atoms with van der Waals surface area (Å²) >= 11 is 6.05. The molecule has 0 radical (unpaired) electrons. The minimum absolute atomic E-state index is 0.210. The van der Waals surface area contributed by atoms with Crippen LogP contribution >= 0.6 is 11.6 Å². The van der Waals surface area contributed by atoms with Crippen LogP contribution in [0, 0.1) is 0 Å². The van der Waals surface area contributed by atoms with E-state index in [0.717, 1.165) is 11.1 Å². The summed E-state index contributed by atoms with van der Waals surface area (Å²) in [5.41, 5.74) is 3.17. The molecule has 160 valence electrons. The molecule has 2 atom stereocenters. The second-order valence-electron chi connectivity index (χ2n) is 7.49. The molecule has 5 nitrogen and oxygen atoms in total. The zero-order valence-electron chi connectivity index (χ0n) is 16.9. The van der Waals surface area contributed by atoms with E-state index in [2.05, 4.69) is 10.1 Å². The third kappa shape index (κ3) is 3.61. The van der Waals surface area contributed by atoms with Crippen LogP contribution in [-0.4, -0.2) is 24.4 Å². The van der Waals surface area contributed by atoms with Crippen molar-refractivity contribution in [3.05, 3.63) is 113 Å². The first-order valence-corrected chi connectivity index (χ1v) is 12.0. The third-order valence-electron chi connectivity index (χ3n) is 5.51. The molecule has 0 amide bonds. The molecule has 5 rings (SSSR count). The first-order chi connectivity index (χ1) is 15.6. The maximum Gasteiger partial charge on any atom is 0.193 e. The summed E-state index contributed by atoms with van der Waals surface area (Å²) in [6, 6.07) is 25.7. The van der Waals surface area contributed by atoms with E-state index >= 15 is 0 Å². The Kier molecular flexibility index (Phi) is 5.33. The van der Waals surface area contributed by atoms with Gasteiger partial charge in [0.2, 0.25) is 0 Å². The normalized spacial score (nSPS) is 18.2. The molecule has 32 heavy (non-hydrogen) atoms. The summed E-state index contributed by atoms with van der Waals surface area (Å²) in [5, 5.41) is 3.77. The fourth-order valence-electron chi connectivity index (χ4n) is 3.95. The largest absolute Gasteiger partial charge is 0.385 e. The molecule has 0 spiro atoms. The SMILES string of the molecule is O=S(=O)(c1c[nH]cc1-c1ccccc1)C1C(c2ccc(Cl)cc2)=NOC1c1ccccc1. The Morgan fingerprint density at radius 1 is 0.812 bits per heavy atom. The molecule has 4 aromatic rings. The highest BCUT2D eigenvalue weighted by atomic mass is 35.5. The van der Waals surface area contributed by atoms with Crippen molar-refractivity contribution in [2.45, 2.75) is 16.2 Å². The molecular formula is C25H19ClN2O3S. The summed E-state index contributed by atoms with van der Waals surface area (Å²) in [4.78, 5) is 8.92. The van der Waals surface area contributed by atoms with Gasteiger partial charge in [-0.15, -0.1) is 0 Å². The number of hydrogen-bond acceptors (Lipinski definition) is 4. The van der Waals surface area contributed by atoms with Crippen LogP contribution < -0.4 is 0 Å². The summed E-state index contributed by atoms with van der Waals surface area (Å²) in [6.45, 7) is 0. The van der Waals surface area contributed by atoms with Crippen LogP contribution in [0.25, 0.3) is 11.1 Å². The van der Waals surface area contributed by atoms with Crippen molar-refractivity contribution < 1.29 is 13.3 Å². The van der Waals surface area contributed by atoms with Gasteiger partial charge >= 0.3 is 0 Å². The number of benzene rings is 3. The lowest BCUT2D eigenvalue weighted by atomic mass is 10.00. The molecule has 7 heteroatoms. The number of hydrogen-bond donors (Lipinski definition) is 1. The summed E-state index contributed by atoms with van der Waals surface area (Å²) in [7, 11) is -3.90. The van der Waals surface area contributed by atoms with Crippen molar-refractivity contribution in [1.82, 2.24) is 4.98 Å². The van der Waals surface area contributed by atoms with Crippen LogP contribution in [0.3, 0.4) is 0 Å². The number of nitrogens with one attached hydrogen (secondary N) is 1. The van der Waals surface area contributed by atoms with Gasteiger partial charge in [-0.25, -0.2) is 8.42 Å². The van der Waals surface area contributed by atoms with Crippen LogP contribution in [0.4, 0.5) is 0 Å². The maximum absolute atomic E-state index is 14.1. The van der Waals surface area contributed by atoms with Gasteiger partial charge in [-0.2, -0.15) is 0 Å². The van der Waals surface area contributed by atoms with E-state index < -0.39 is 21.2 Å². The number of H-pyrrole nitrogens is 1. The predicted octanol–water partition coefficient (Wildman–Crippen LogP) is 5.65. The number of aromatic amines is 1. The zero-order valence-corrected chi connectivity index (χ0v) is 18.4.